The van der Waals surface area contributed by atoms with E-state index in [9.17, 15) is 4.79 Å². The molecule has 0 saturated heterocycles. The van der Waals surface area contributed by atoms with Gasteiger partial charge in [-0.15, -0.1) is 11.3 Å². The summed E-state index contributed by atoms with van der Waals surface area (Å²) in [6.45, 7) is 0.549. The van der Waals surface area contributed by atoms with Crippen molar-refractivity contribution in [2.24, 2.45) is 0 Å². The molecular weight excluding hydrogens is 368 g/mol. The number of nitrogens with one attached hydrogen (secondary N) is 1. The van der Waals surface area contributed by atoms with Crippen molar-refractivity contribution in [2.45, 2.75) is 6.42 Å². The molecule has 5 heteroatoms. The van der Waals surface area contributed by atoms with E-state index in [1.165, 1.54) is 0 Å². The number of aromatic nitrogens is 1. The SMILES string of the molecule is COc1ccc(-c2nc(CCNC(=O)c3cccc4ccccc34)cs2)cc1. The number of carbonyl (C=O) groups is 1. The lowest BCUT2D eigenvalue weighted by molar-refractivity contribution is 0.0955. The Morgan fingerprint density at radius 3 is 2.64 bits per heavy atom. The first kappa shape index (κ1) is 18.2. The van der Waals surface area contributed by atoms with Crippen molar-refractivity contribution in [3.05, 3.63) is 83.4 Å². The lowest BCUT2D eigenvalue weighted by Gasteiger charge is -2.07. The molecule has 0 spiro atoms. The van der Waals surface area contributed by atoms with Gasteiger partial charge in [-0.3, -0.25) is 4.79 Å². The summed E-state index contributed by atoms with van der Waals surface area (Å²) in [4.78, 5) is 17.3. The highest BCUT2D eigenvalue weighted by Crippen LogP contribution is 2.25. The zero-order valence-electron chi connectivity index (χ0n) is 15.5. The minimum absolute atomic E-state index is 0.0533. The van der Waals surface area contributed by atoms with Gasteiger partial charge in [0, 0.05) is 29.5 Å². The van der Waals surface area contributed by atoms with Gasteiger partial charge in [-0.05, 0) is 41.1 Å². The minimum atomic E-state index is -0.0533. The maximum atomic E-state index is 12.6. The molecule has 1 heterocycles. The van der Waals surface area contributed by atoms with Crippen LogP contribution in [0.1, 0.15) is 16.1 Å². The molecule has 0 saturated carbocycles. The molecule has 4 nitrogen and oxygen atoms in total. The van der Waals surface area contributed by atoms with Crippen LogP contribution in [-0.4, -0.2) is 24.5 Å². The van der Waals surface area contributed by atoms with Gasteiger partial charge in [0.1, 0.15) is 10.8 Å². The van der Waals surface area contributed by atoms with Crippen molar-refractivity contribution in [1.82, 2.24) is 10.3 Å². The molecule has 0 aliphatic carbocycles. The van der Waals surface area contributed by atoms with E-state index in [4.69, 9.17) is 4.74 Å². The Balaban J connectivity index is 1.38. The highest BCUT2D eigenvalue weighted by atomic mass is 32.1. The first-order valence-corrected chi connectivity index (χ1v) is 9.97. The second kappa shape index (κ2) is 8.23. The Hall–Kier alpha value is -3.18. The van der Waals surface area contributed by atoms with E-state index in [0.29, 0.717) is 18.5 Å². The van der Waals surface area contributed by atoms with E-state index in [2.05, 4.69) is 10.3 Å². The van der Waals surface area contributed by atoms with Gasteiger partial charge in [0.15, 0.2) is 0 Å². The molecule has 0 radical (unpaired) electrons. The summed E-state index contributed by atoms with van der Waals surface area (Å²) < 4.78 is 5.19. The average molecular weight is 388 g/mol. The molecule has 0 aliphatic rings. The largest absolute Gasteiger partial charge is 0.497 e. The summed E-state index contributed by atoms with van der Waals surface area (Å²) in [6, 6.07) is 21.6. The average Bonchev–Trinajstić information content (AvgIpc) is 3.22. The standard InChI is InChI=1S/C23H20N2O2S/c1-27-19-11-9-17(10-12-19)23-25-18(15-28-23)13-14-24-22(26)21-8-4-6-16-5-2-3-7-20(16)21/h2-12,15H,13-14H2,1H3,(H,24,26). The Morgan fingerprint density at radius 2 is 1.82 bits per heavy atom. The van der Waals surface area contributed by atoms with Gasteiger partial charge in [-0.1, -0.05) is 36.4 Å². The van der Waals surface area contributed by atoms with Gasteiger partial charge in [0.2, 0.25) is 0 Å². The van der Waals surface area contributed by atoms with E-state index in [0.717, 1.165) is 32.8 Å². The van der Waals surface area contributed by atoms with Crippen LogP contribution in [-0.2, 0) is 6.42 Å². The highest BCUT2D eigenvalue weighted by molar-refractivity contribution is 7.13. The summed E-state index contributed by atoms with van der Waals surface area (Å²) in [5.41, 5.74) is 2.75. The molecule has 1 aromatic heterocycles. The number of nitrogens with zero attached hydrogens (tertiary/aromatic N) is 1. The first-order chi connectivity index (χ1) is 13.7. The topological polar surface area (TPSA) is 51.2 Å². The zero-order chi connectivity index (χ0) is 19.3. The third-order valence-corrected chi connectivity index (χ3v) is 5.53. The second-order valence-electron chi connectivity index (χ2n) is 6.41. The molecule has 3 aromatic carbocycles. The fourth-order valence-corrected chi connectivity index (χ4v) is 3.97. The number of thiazole rings is 1. The number of hydrogen-bond acceptors (Lipinski definition) is 4. The quantitative estimate of drug-likeness (QED) is 0.509. The predicted octanol–water partition coefficient (Wildman–Crippen LogP) is 4.94. The minimum Gasteiger partial charge on any atom is -0.497 e. The van der Waals surface area contributed by atoms with Gasteiger partial charge in [-0.2, -0.15) is 0 Å². The molecule has 4 aromatic rings. The van der Waals surface area contributed by atoms with Crippen LogP contribution in [0, 0.1) is 0 Å². The summed E-state index contributed by atoms with van der Waals surface area (Å²) in [5, 5.41) is 8.07. The molecule has 1 amide bonds. The molecular formula is C23H20N2O2S. The van der Waals surface area contributed by atoms with Gasteiger partial charge in [0.25, 0.3) is 5.91 Å². The van der Waals surface area contributed by atoms with Crippen LogP contribution >= 0.6 is 11.3 Å². The van der Waals surface area contributed by atoms with Crippen LogP contribution in [0.2, 0.25) is 0 Å². The fourth-order valence-electron chi connectivity index (χ4n) is 3.11. The Bertz CT molecular complexity index is 1100. The van der Waals surface area contributed by atoms with Gasteiger partial charge < -0.3 is 10.1 Å². The number of carbonyl (C=O) groups excluding carboxylic acids is 1. The van der Waals surface area contributed by atoms with Crippen LogP contribution < -0.4 is 10.1 Å². The Kier molecular flexibility index (Phi) is 5.35. The zero-order valence-corrected chi connectivity index (χ0v) is 16.3. The number of hydrogen-bond donors (Lipinski definition) is 1. The molecule has 1 N–H and O–H groups in total. The lowest BCUT2D eigenvalue weighted by Crippen LogP contribution is -2.25. The molecule has 140 valence electrons. The number of benzene rings is 3. The normalized spacial score (nSPS) is 10.8. The Morgan fingerprint density at radius 1 is 1.04 bits per heavy atom. The van der Waals surface area contributed by atoms with Crippen LogP contribution in [0.5, 0.6) is 5.75 Å². The number of methoxy groups -OCH3 is 1. The summed E-state index contributed by atoms with van der Waals surface area (Å²) in [6.07, 6.45) is 0.698. The molecule has 0 unspecified atom stereocenters. The predicted molar refractivity (Wildman–Crippen MR) is 114 cm³/mol. The van der Waals surface area contributed by atoms with E-state index in [1.54, 1.807) is 18.4 Å². The first-order valence-electron chi connectivity index (χ1n) is 9.09. The van der Waals surface area contributed by atoms with Crippen molar-refractivity contribution < 1.29 is 9.53 Å². The van der Waals surface area contributed by atoms with Crippen molar-refractivity contribution in [3.63, 3.8) is 0 Å². The molecule has 0 fully saturated rings. The van der Waals surface area contributed by atoms with Gasteiger partial charge in [-0.25, -0.2) is 4.98 Å². The number of fused-ring (bicyclic) bond motifs is 1. The fraction of sp³-hybridized carbons (Fsp3) is 0.130. The Labute approximate surface area is 167 Å². The number of amides is 1. The van der Waals surface area contributed by atoms with Crippen molar-refractivity contribution >= 4 is 28.0 Å². The highest BCUT2D eigenvalue weighted by Gasteiger charge is 2.10. The van der Waals surface area contributed by atoms with E-state index in [-0.39, 0.29) is 5.91 Å². The number of rotatable bonds is 6. The lowest BCUT2D eigenvalue weighted by atomic mass is 10.0. The maximum Gasteiger partial charge on any atom is 0.251 e. The van der Waals surface area contributed by atoms with E-state index in [1.807, 2.05) is 72.1 Å². The van der Waals surface area contributed by atoms with Crippen LogP contribution in [0.25, 0.3) is 21.3 Å². The second-order valence-corrected chi connectivity index (χ2v) is 7.26. The van der Waals surface area contributed by atoms with Crippen LogP contribution in [0.3, 0.4) is 0 Å². The van der Waals surface area contributed by atoms with E-state index < -0.39 is 0 Å². The van der Waals surface area contributed by atoms with E-state index >= 15 is 0 Å². The summed E-state index contributed by atoms with van der Waals surface area (Å²) >= 11 is 1.61. The van der Waals surface area contributed by atoms with Crippen LogP contribution in [0.4, 0.5) is 0 Å². The van der Waals surface area contributed by atoms with Crippen molar-refractivity contribution in [1.29, 1.82) is 0 Å². The third kappa shape index (κ3) is 3.89. The third-order valence-electron chi connectivity index (χ3n) is 4.59. The maximum absolute atomic E-state index is 12.6. The monoisotopic (exact) mass is 388 g/mol. The molecule has 28 heavy (non-hydrogen) atoms. The summed E-state index contributed by atoms with van der Waals surface area (Å²) in [7, 11) is 1.66. The molecule has 0 atom stereocenters. The number of ether oxygens (including phenoxy) is 1. The van der Waals surface area contributed by atoms with Gasteiger partial charge >= 0.3 is 0 Å². The van der Waals surface area contributed by atoms with Crippen molar-refractivity contribution in [2.75, 3.05) is 13.7 Å². The van der Waals surface area contributed by atoms with Crippen molar-refractivity contribution in [3.8, 4) is 16.3 Å². The van der Waals surface area contributed by atoms with Gasteiger partial charge in [0.05, 0.1) is 12.8 Å². The molecule has 4 rings (SSSR count). The summed E-state index contributed by atoms with van der Waals surface area (Å²) in [5.74, 6) is 0.777. The molecule has 0 bridgehead atoms. The smallest absolute Gasteiger partial charge is 0.251 e. The molecule has 0 aliphatic heterocycles. The van der Waals surface area contributed by atoms with Crippen LogP contribution in [0.15, 0.2) is 72.1 Å².